The van der Waals surface area contributed by atoms with Crippen molar-refractivity contribution in [3.8, 4) is 0 Å². The highest BCUT2D eigenvalue weighted by atomic mass is 32.2. The molecule has 0 aromatic carbocycles. The van der Waals surface area contributed by atoms with Crippen LogP contribution in [-0.2, 0) is 9.84 Å². The summed E-state index contributed by atoms with van der Waals surface area (Å²) in [6, 6.07) is 0. The van der Waals surface area contributed by atoms with E-state index in [4.69, 9.17) is 0 Å². The summed E-state index contributed by atoms with van der Waals surface area (Å²) in [6.45, 7) is 10.7. The molecule has 0 bridgehead atoms. The zero-order valence-electron chi connectivity index (χ0n) is 13.7. The summed E-state index contributed by atoms with van der Waals surface area (Å²) >= 11 is 0. The van der Waals surface area contributed by atoms with Gasteiger partial charge < -0.3 is 5.32 Å². The Morgan fingerprint density at radius 1 is 1.20 bits per heavy atom. The molecular formula is C16H33NO2S. The lowest BCUT2D eigenvalue weighted by Gasteiger charge is -2.41. The Labute approximate surface area is 125 Å². The molecule has 2 unspecified atom stereocenters. The topological polar surface area (TPSA) is 46.2 Å². The molecule has 1 aliphatic carbocycles. The fraction of sp³-hybridized carbons (Fsp3) is 1.00. The standard InChI is InChI=1S/C16H33NO2S/c1-5-10-17-13-15-7-9-16(3,4)12-14(15)8-11-20(18,19)6-2/h14-15,17H,5-13H2,1-4H3. The van der Waals surface area contributed by atoms with E-state index in [0.29, 0.717) is 23.0 Å². The maximum absolute atomic E-state index is 11.8. The van der Waals surface area contributed by atoms with Crippen molar-refractivity contribution in [1.29, 1.82) is 0 Å². The van der Waals surface area contributed by atoms with E-state index in [1.165, 1.54) is 19.3 Å². The van der Waals surface area contributed by atoms with E-state index >= 15 is 0 Å². The van der Waals surface area contributed by atoms with E-state index in [1.807, 2.05) is 0 Å². The Kier molecular flexibility index (Phi) is 6.99. The molecule has 120 valence electrons. The molecule has 3 nitrogen and oxygen atoms in total. The van der Waals surface area contributed by atoms with Crippen LogP contribution in [-0.4, -0.2) is 33.0 Å². The van der Waals surface area contributed by atoms with Crippen LogP contribution in [0.3, 0.4) is 0 Å². The normalized spacial score (nSPS) is 26.6. The summed E-state index contributed by atoms with van der Waals surface area (Å²) in [4.78, 5) is 0. The van der Waals surface area contributed by atoms with Crippen molar-refractivity contribution in [3.63, 3.8) is 0 Å². The Morgan fingerprint density at radius 3 is 2.50 bits per heavy atom. The van der Waals surface area contributed by atoms with Gasteiger partial charge in [0.1, 0.15) is 9.84 Å². The van der Waals surface area contributed by atoms with Crippen LogP contribution in [0.25, 0.3) is 0 Å². The molecule has 1 N–H and O–H groups in total. The highest BCUT2D eigenvalue weighted by Gasteiger charge is 2.34. The van der Waals surface area contributed by atoms with Gasteiger partial charge in [-0.2, -0.15) is 0 Å². The van der Waals surface area contributed by atoms with Crippen LogP contribution in [0.5, 0.6) is 0 Å². The number of hydrogen-bond acceptors (Lipinski definition) is 3. The molecule has 4 heteroatoms. The van der Waals surface area contributed by atoms with Crippen LogP contribution in [0, 0.1) is 17.3 Å². The first-order valence-electron chi connectivity index (χ1n) is 8.21. The molecule has 0 amide bonds. The van der Waals surface area contributed by atoms with Crippen molar-refractivity contribution < 1.29 is 8.42 Å². The van der Waals surface area contributed by atoms with Crippen molar-refractivity contribution in [2.24, 2.45) is 17.3 Å². The van der Waals surface area contributed by atoms with Crippen LogP contribution in [0.1, 0.15) is 59.8 Å². The van der Waals surface area contributed by atoms with E-state index in [-0.39, 0.29) is 5.75 Å². The molecule has 1 rings (SSSR count). The van der Waals surface area contributed by atoms with Gasteiger partial charge in [0.15, 0.2) is 0 Å². The fourth-order valence-electron chi connectivity index (χ4n) is 3.34. The van der Waals surface area contributed by atoms with Crippen LogP contribution in [0.4, 0.5) is 0 Å². The highest BCUT2D eigenvalue weighted by molar-refractivity contribution is 7.91. The van der Waals surface area contributed by atoms with Crippen LogP contribution in [0.2, 0.25) is 0 Å². The fourth-order valence-corrected chi connectivity index (χ4v) is 4.29. The predicted octanol–water partition coefficient (Wildman–Crippen LogP) is 3.25. The summed E-state index contributed by atoms with van der Waals surface area (Å²) in [6.07, 6.45) is 5.68. The maximum Gasteiger partial charge on any atom is 0.150 e. The Morgan fingerprint density at radius 2 is 1.90 bits per heavy atom. The third kappa shape index (κ3) is 6.13. The highest BCUT2D eigenvalue weighted by Crippen LogP contribution is 2.43. The van der Waals surface area contributed by atoms with Crippen molar-refractivity contribution in [2.75, 3.05) is 24.6 Å². The zero-order chi connectivity index (χ0) is 15.2. The van der Waals surface area contributed by atoms with Gasteiger partial charge in [-0.1, -0.05) is 27.7 Å². The molecule has 0 saturated heterocycles. The number of hydrogen-bond donors (Lipinski definition) is 1. The summed E-state index contributed by atoms with van der Waals surface area (Å²) in [5.41, 5.74) is 0.377. The molecule has 2 atom stereocenters. The third-order valence-corrected chi connectivity index (χ3v) is 6.48. The summed E-state index contributed by atoms with van der Waals surface area (Å²) in [7, 11) is -2.83. The Bertz CT molecular complexity index is 376. The summed E-state index contributed by atoms with van der Waals surface area (Å²) in [5.74, 6) is 1.86. The molecule has 1 fully saturated rings. The largest absolute Gasteiger partial charge is 0.316 e. The molecule has 0 spiro atoms. The molecule has 0 aromatic rings. The predicted molar refractivity (Wildman–Crippen MR) is 86.7 cm³/mol. The van der Waals surface area contributed by atoms with E-state index < -0.39 is 9.84 Å². The van der Waals surface area contributed by atoms with E-state index in [2.05, 4.69) is 26.1 Å². The molecule has 1 saturated carbocycles. The molecule has 20 heavy (non-hydrogen) atoms. The van der Waals surface area contributed by atoms with Gasteiger partial charge in [0.2, 0.25) is 0 Å². The average molecular weight is 304 g/mol. The minimum atomic E-state index is -2.83. The SMILES string of the molecule is CCCNCC1CCC(C)(C)CC1CCS(=O)(=O)CC. The summed E-state index contributed by atoms with van der Waals surface area (Å²) in [5, 5.41) is 3.52. The number of nitrogens with one attached hydrogen (secondary N) is 1. The quantitative estimate of drug-likeness (QED) is 0.700. The molecular weight excluding hydrogens is 270 g/mol. The monoisotopic (exact) mass is 303 g/mol. The van der Waals surface area contributed by atoms with Gasteiger partial charge in [-0.05, 0) is 62.4 Å². The van der Waals surface area contributed by atoms with E-state index in [9.17, 15) is 8.42 Å². The lowest BCUT2D eigenvalue weighted by Crippen LogP contribution is -2.37. The minimum absolute atomic E-state index is 0.280. The first-order valence-corrected chi connectivity index (χ1v) is 10.0. The first-order chi connectivity index (χ1) is 9.29. The Hall–Kier alpha value is -0.0900. The number of sulfone groups is 1. The van der Waals surface area contributed by atoms with Crippen LogP contribution in [0.15, 0.2) is 0 Å². The second-order valence-corrected chi connectivity index (χ2v) is 9.63. The zero-order valence-corrected chi connectivity index (χ0v) is 14.6. The molecule has 0 radical (unpaired) electrons. The smallest absolute Gasteiger partial charge is 0.150 e. The Balaban J connectivity index is 2.58. The van der Waals surface area contributed by atoms with Crippen LogP contribution >= 0.6 is 0 Å². The van der Waals surface area contributed by atoms with E-state index in [1.54, 1.807) is 6.92 Å². The molecule has 0 aromatic heterocycles. The number of rotatable bonds is 8. The van der Waals surface area contributed by atoms with Gasteiger partial charge in [0, 0.05) is 5.75 Å². The second kappa shape index (κ2) is 7.79. The minimum Gasteiger partial charge on any atom is -0.316 e. The van der Waals surface area contributed by atoms with E-state index in [0.717, 1.165) is 25.9 Å². The lowest BCUT2D eigenvalue weighted by molar-refractivity contribution is 0.114. The van der Waals surface area contributed by atoms with Crippen molar-refractivity contribution in [1.82, 2.24) is 5.32 Å². The third-order valence-electron chi connectivity index (χ3n) is 4.75. The van der Waals surface area contributed by atoms with Crippen LogP contribution < -0.4 is 5.32 Å². The van der Waals surface area contributed by atoms with Crippen molar-refractivity contribution >= 4 is 9.84 Å². The first kappa shape index (κ1) is 18.0. The lowest BCUT2D eigenvalue weighted by atomic mass is 9.66. The average Bonchev–Trinajstić information content (AvgIpc) is 2.38. The van der Waals surface area contributed by atoms with Crippen molar-refractivity contribution in [3.05, 3.63) is 0 Å². The second-order valence-electron chi connectivity index (χ2n) is 7.16. The van der Waals surface area contributed by atoms with Crippen molar-refractivity contribution in [2.45, 2.75) is 59.8 Å². The summed E-state index contributed by atoms with van der Waals surface area (Å²) < 4.78 is 23.5. The van der Waals surface area contributed by atoms with Gasteiger partial charge in [-0.3, -0.25) is 0 Å². The van der Waals surface area contributed by atoms with Gasteiger partial charge >= 0.3 is 0 Å². The van der Waals surface area contributed by atoms with Gasteiger partial charge in [-0.15, -0.1) is 0 Å². The van der Waals surface area contributed by atoms with Gasteiger partial charge in [0.05, 0.1) is 5.75 Å². The maximum atomic E-state index is 11.8. The molecule has 0 aliphatic heterocycles. The molecule has 1 aliphatic rings. The van der Waals surface area contributed by atoms with Gasteiger partial charge in [-0.25, -0.2) is 8.42 Å². The molecule has 0 heterocycles. The van der Waals surface area contributed by atoms with Gasteiger partial charge in [0.25, 0.3) is 0 Å².